The number of hydrogen-bond acceptors (Lipinski definition) is 14. The number of nitrogens with one attached hydrogen (secondary N) is 2. The van der Waals surface area contributed by atoms with Gasteiger partial charge in [0.25, 0.3) is 0 Å². The number of aliphatic carboxylic acids is 1. The van der Waals surface area contributed by atoms with Gasteiger partial charge in [0, 0.05) is 6.42 Å². The predicted octanol–water partition coefficient (Wildman–Crippen LogP) is 14.2. The lowest BCUT2D eigenvalue weighted by Crippen LogP contribution is -2.49. The van der Waals surface area contributed by atoms with Crippen LogP contribution in [-0.4, -0.2) is 87.8 Å². The van der Waals surface area contributed by atoms with Crippen LogP contribution in [-0.2, 0) is 55.0 Å². The van der Waals surface area contributed by atoms with Crippen molar-refractivity contribution < 1.29 is 56.4 Å². The maximum atomic E-state index is 16.8. The van der Waals surface area contributed by atoms with Gasteiger partial charge in [-0.1, -0.05) is 227 Å². The van der Waals surface area contributed by atoms with E-state index in [9.17, 15) is 14.7 Å². The quantitative estimate of drug-likeness (QED) is 0.00896. The number of ether oxygens (including phenoxy) is 5. The summed E-state index contributed by atoms with van der Waals surface area (Å²) in [7, 11) is -1.86. The largest absolute Gasteiger partial charge is 0.497 e. The molecule has 1 aliphatic heterocycles. The van der Waals surface area contributed by atoms with Crippen molar-refractivity contribution in [3.63, 3.8) is 0 Å². The zero-order valence-corrected chi connectivity index (χ0v) is 52.8. The van der Waals surface area contributed by atoms with E-state index in [0.29, 0.717) is 40.2 Å². The molecule has 476 valence electrons. The number of hydrogen-bond donors (Lipinski definition) is 3. The summed E-state index contributed by atoms with van der Waals surface area (Å²) in [5.74, 6) is 1.83. The molecule has 10 rings (SSSR count). The zero-order chi connectivity index (χ0) is 64.6. The summed E-state index contributed by atoms with van der Waals surface area (Å²) in [6, 6.07) is 60.5. The Morgan fingerprint density at radius 1 is 0.728 bits per heavy atom. The van der Waals surface area contributed by atoms with Crippen LogP contribution in [0.15, 0.2) is 207 Å². The molecule has 0 amide bonds. The Kier molecular flexibility index (Phi) is 21.8. The molecule has 17 nitrogen and oxygen atoms in total. The molecule has 1 aliphatic rings. The Hall–Kier alpha value is -9.05. The first-order chi connectivity index (χ1) is 44.8. The van der Waals surface area contributed by atoms with Gasteiger partial charge in [-0.15, -0.1) is 6.42 Å². The Morgan fingerprint density at radius 2 is 1.23 bits per heavy atom. The topological polar surface area (TPSA) is 204 Å². The van der Waals surface area contributed by atoms with E-state index in [1.807, 2.05) is 170 Å². The number of nitrogens with zero attached hydrogens (tertiary/aromatic N) is 4. The SMILES string of the molecule is C#C[C@]1(COP(=O)(N[C@@H](Cc2ccccc2)C(=O)O)O[C@@H](C)C(=O)OCCCCCCCCC)O[C@@H](n2cnc3c(NC(c4ccccc4)(c4ccccc4)c4ccc(OC)cc4)nc(F)nc32)C[C@@H]1OC(c1ccccc1)(c1ccccc1)c1ccc(OC)cc1. The predicted molar refractivity (Wildman–Crippen MR) is 349 cm³/mol. The third-order valence-corrected chi connectivity index (χ3v) is 18.3. The average molecular weight is 1260 g/mol. The normalized spacial score (nSPS) is 17.0. The van der Waals surface area contributed by atoms with Gasteiger partial charge < -0.3 is 34.1 Å². The smallest absolute Gasteiger partial charge is 0.407 e. The molecule has 0 spiro atoms. The second kappa shape index (κ2) is 30.4. The number of methoxy groups -OCH3 is 2. The summed E-state index contributed by atoms with van der Waals surface area (Å²) in [6.45, 7) is 2.77. The third kappa shape index (κ3) is 14.8. The van der Waals surface area contributed by atoms with E-state index in [2.05, 4.69) is 33.2 Å². The van der Waals surface area contributed by atoms with E-state index in [1.165, 1.54) is 17.8 Å². The van der Waals surface area contributed by atoms with Gasteiger partial charge in [0.05, 0.1) is 27.2 Å². The summed E-state index contributed by atoms with van der Waals surface area (Å²) in [5, 5.41) is 17.1. The Morgan fingerprint density at radius 3 is 1.76 bits per heavy atom. The van der Waals surface area contributed by atoms with Gasteiger partial charge in [0.1, 0.15) is 47.6 Å². The molecule has 0 saturated carbocycles. The maximum absolute atomic E-state index is 16.8. The van der Waals surface area contributed by atoms with Crippen LogP contribution in [0, 0.1) is 18.4 Å². The molecule has 9 aromatic rings. The number of terminal acetylenes is 1. The highest BCUT2D eigenvalue weighted by Crippen LogP contribution is 2.53. The highest BCUT2D eigenvalue weighted by atomic mass is 31.2. The number of benzene rings is 7. The fourth-order valence-electron chi connectivity index (χ4n) is 11.8. The van der Waals surface area contributed by atoms with Gasteiger partial charge in [-0.3, -0.25) is 18.4 Å². The van der Waals surface area contributed by atoms with E-state index in [-0.39, 0.29) is 36.4 Å². The van der Waals surface area contributed by atoms with Crippen molar-refractivity contribution in [2.24, 2.45) is 0 Å². The first kappa shape index (κ1) is 65.9. The lowest BCUT2D eigenvalue weighted by molar-refractivity contribution is -0.152. The summed E-state index contributed by atoms with van der Waals surface area (Å²) >= 11 is 0. The molecule has 2 aromatic heterocycles. The minimum Gasteiger partial charge on any atom is -0.497 e. The zero-order valence-electron chi connectivity index (χ0n) is 51.9. The summed E-state index contributed by atoms with van der Waals surface area (Å²) < 4.78 is 78.4. The Labute approximate surface area is 536 Å². The summed E-state index contributed by atoms with van der Waals surface area (Å²) in [4.78, 5) is 40.7. The van der Waals surface area contributed by atoms with Crippen LogP contribution in [0.3, 0.4) is 0 Å². The van der Waals surface area contributed by atoms with Crippen LogP contribution in [0.5, 0.6) is 11.5 Å². The summed E-state index contributed by atoms with van der Waals surface area (Å²) in [6.07, 6.45) is 9.70. The molecule has 1 unspecified atom stereocenters. The van der Waals surface area contributed by atoms with E-state index in [1.54, 1.807) is 44.6 Å². The van der Waals surface area contributed by atoms with Crippen LogP contribution in [0.1, 0.15) is 110 Å². The number of aromatic nitrogens is 4. The van der Waals surface area contributed by atoms with Crippen LogP contribution < -0.4 is 19.9 Å². The van der Waals surface area contributed by atoms with E-state index in [0.717, 1.165) is 55.2 Å². The van der Waals surface area contributed by atoms with Gasteiger partial charge in [-0.05, 0) is 83.0 Å². The molecule has 3 N–H and O–H groups in total. The second-order valence-electron chi connectivity index (χ2n) is 22.6. The van der Waals surface area contributed by atoms with Crippen molar-refractivity contribution in [3.05, 3.63) is 252 Å². The van der Waals surface area contributed by atoms with E-state index >= 15 is 8.96 Å². The molecule has 1 saturated heterocycles. The monoisotopic (exact) mass is 1260 g/mol. The number of carbonyl (C=O) groups is 2. The second-order valence-corrected chi connectivity index (χ2v) is 24.3. The molecule has 0 radical (unpaired) electrons. The fraction of sp³-hybridized carbons (Fsp3) is 0.301. The van der Waals surface area contributed by atoms with Crippen molar-refractivity contribution in [2.75, 3.05) is 32.8 Å². The number of carbonyl (C=O) groups excluding carboxylic acids is 1. The highest BCUT2D eigenvalue weighted by molar-refractivity contribution is 7.51. The molecule has 92 heavy (non-hydrogen) atoms. The lowest BCUT2D eigenvalue weighted by Gasteiger charge is -2.41. The highest BCUT2D eigenvalue weighted by Gasteiger charge is 2.56. The number of imidazole rings is 1. The molecule has 0 bridgehead atoms. The standard InChI is InChI=1S/C73H76FN6O11P/c1-6-8-9-10-11-12-28-47-87-69(83)52(3)91-92(84,79-62(68(81)82)48-53-29-18-13-19-30-53)88-50-71(7-2)63(89-73(57-35-24-16-25-36-57,58-37-26-17-27-38-58)59-41-45-61(86-5)46-42-59)49-64(90-71)80-51-75-65-66(76-70(74)77-67(65)80)78-72(54-31-20-14-21-32-54,55-33-22-15-23-34-55)56-39-43-60(85-4)44-40-56/h2,13-27,29-46,51-52,62-64H,6,8-12,28,47-50H2,1,3-5H3,(H,79,84)(H,81,82)(H,76,77,78)/t52-,62-,63-,64+,71+,92?/m0/s1. The number of esters is 1. The lowest BCUT2D eigenvalue weighted by atomic mass is 9.77. The Bertz CT molecular complexity index is 3860. The number of carboxylic acids is 1. The average Bonchev–Trinajstić information content (AvgIpc) is 1.31. The van der Waals surface area contributed by atoms with Crippen LogP contribution in [0.4, 0.5) is 10.2 Å². The minimum absolute atomic E-state index is 0.000468. The molecule has 19 heteroatoms. The van der Waals surface area contributed by atoms with Gasteiger partial charge in [0.15, 0.2) is 28.7 Å². The maximum Gasteiger partial charge on any atom is 0.407 e. The first-order valence-electron chi connectivity index (χ1n) is 30.9. The van der Waals surface area contributed by atoms with E-state index in [4.69, 9.17) is 44.1 Å². The number of fused-ring (bicyclic) bond motifs is 1. The van der Waals surface area contributed by atoms with Crippen LogP contribution in [0.25, 0.3) is 11.2 Å². The number of halogens is 1. The van der Waals surface area contributed by atoms with Gasteiger partial charge >= 0.3 is 25.8 Å². The summed E-state index contributed by atoms with van der Waals surface area (Å²) in [5.41, 5.74) is 0.237. The number of rotatable bonds is 32. The molecular formula is C73H76FN6O11P. The molecule has 3 heterocycles. The van der Waals surface area contributed by atoms with Crippen molar-refractivity contribution in [2.45, 2.75) is 113 Å². The number of carboxylic acid groups (broad SMARTS) is 1. The Balaban J connectivity index is 1.08. The van der Waals surface area contributed by atoms with Crippen LogP contribution in [0.2, 0.25) is 0 Å². The van der Waals surface area contributed by atoms with Crippen LogP contribution >= 0.6 is 7.75 Å². The van der Waals surface area contributed by atoms with Gasteiger partial charge in [-0.2, -0.15) is 14.4 Å². The first-order valence-corrected chi connectivity index (χ1v) is 32.5. The molecule has 1 fully saturated rings. The van der Waals surface area contributed by atoms with Gasteiger partial charge in [0.2, 0.25) is 0 Å². The van der Waals surface area contributed by atoms with E-state index < -0.39 is 73.6 Å². The number of anilines is 1. The van der Waals surface area contributed by atoms with Crippen molar-refractivity contribution in [3.8, 4) is 23.8 Å². The molecular weight excluding hydrogens is 1190 g/mol. The third-order valence-electron chi connectivity index (χ3n) is 16.6. The fourth-order valence-corrected chi connectivity index (χ4v) is 13.5. The molecule has 6 atom stereocenters. The van der Waals surface area contributed by atoms with Crippen molar-refractivity contribution in [1.29, 1.82) is 0 Å². The minimum atomic E-state index is -5.02. The van der Waals surface area contributed by atoms with Gasteiger partial charge in [-0.25, -0.2) is 19.4 Å². The van der Waals surface area contributed by atoms with Crippen molar-refractivity contribution in [1.82, 2.24) is 24.6 Å². The van der Waals surface area contributed by atoms with Crippen molar-refractivity contribution >= 4 is 36.7 Å². The molecule has 7 aromatic carbocycles. The number of unbranched alkanes of at least 4 members (excludes halogenated alkanes) is 6. The molecule has 0 aliphatic carbocycles.